The van der Waals surface area contributed by atoms with Crippen molar-refractivity contribution >= 4 is 18.4 Å². The molecule has 0 saturated heterocycles. The first-order valence-corrected chi connectivity index (χ1v) is 3.39. The van der Waals surface area contributed by atoms with E-state index in [0.717, 1.165) is 0 Å². The van der Waals surface area contributed by atoms with Crippen LogP contribution in [0.4, 0.5) is 0 Å². The molecule has 0 fully saturated rings. The van der Waals surface area contributed by atoms with E-state index >= 15 is 0 Å². The Morgan fingerprint density at radius 2 is 2.42 bits per heavy atom. The molecule has 1 aromatic heterocycles. The second-order valence-electron chi connectivity index (χ2n) is 2.46. The Morgan fingerprint density at radius 1 is 1.75 bits per heavy atom. The second kappa shape index (κ2) is 4.77. The number of aliphatic carboxylic acids is 1. The molecule has 0 spiro atoms. The summed E-state index contributed by atoms with van der Waals surface area (Å²) >= 11 is 0. The molecule has 1 aromatic rings. The number of carbonyl (C=O) groups is 1. The predicted octanol–water partition coefficient (Wildman–Crippen LogP) is 1.34. The van der Waals surface area contributed by atoms with E-state index in [1.807, 2.05) is 6.92 Å². The lowest BCUT2D eigenvalue weighted by atomic mass is 10.2. The first kappa shape index (κ1) is 11.0. The molecule has 0 amide bonds. The van der Waals surface area contributed by atoms with Gasteiger partial charge in [0.15, 0.2) is 0 Å². The van der Waals surface area contributed by atoms with Crippen molar-refractivity contribution in [1.82, 2.24) is 9.55 Å². The third-order valence-corrected chi connectivity index (χ3v) is 1.50. The van der Waals surface area contributed by atoms with E-state index in [0.29, 0.717) is 0 Å². The number of halogens is 1. The number of imidazole rings is 1. The minimum atomic E-state index is -0.786. The van der Waals surface area contributed by atoms with E-state index in [4.69, 9.17) is 5.11 Å². The molecule has 1 heterocycles. The van der Waals surface area contributed by atoms with E-state index in [1.54, 1.807) is 23.3 Å². The average molecular weight is 191 g/mol. The lowest BCUT2D eigenvalue weighted by Gasteiger charge is -2.08. The SMILES string of the molecule is CC(CC(=O)O)n1ccnc1.Cl. The summed E-state index contributed by atoms with van der Waals surface area (Å²) in [4.78, 5) is 14.1. The minimum Gasteiger partial charge on any atom is -0.481 e. The van der Waals surface area contributed by atoms with Gasteiger partial charge in [-0.1, -0.05) is 0 Å². The van der Waals surface area contributed by atoms with Crippen LogP contribution in [0.25, 0.3) is 0 Å². The summed E-state index contributed by atoms with van der Waals surface area (Å²) in [6, 6.07) is -0.0185. The van der Waals surface area contributed by atoms with Crippen molar-refractivity contribution in [2.75, 3.05) is 0 Å². The van der Waals surface area contributed by atoms with Gasteiger partial charge in [0.2, 0.25) is 0 Å². The number of rotatable bonds is 3. The molecule has 1 N–H and O–H groups in total. The number of carboxylic acid groups (broad SMARTS) is 1. The molecule has 0 saturated carbocycles. The molecule has 0 aliphatic carbocycles. The van der Waals surface area contributed by atoms with Crippen molar-refractivity contribution in [3.63, 3.8) is 0 Å². The Labute approximate surface area is 76.6 Å². The van der Waals surface area contributed by atoms with Crippen LogP contribution in [0.15, 0.2) is 18.7 Å². The number of carboxylic acids is 1. The van der Waals surface area contributed by atoms with Crippen molar-refractivity contribution < 1.29 is 9.90 Å². The van der Waals surface area contributed by atoms with Gasteiger partial charge >= 0.3 is 5.97 Å². The largest absolute Gasteiger partial charge is 0.481 e. The smallest absolute Gasteiger partial charge is 0.305 e. The van der Waals surface area contributed by atoms with Crippen molar-refractivity contribution in [2.24, 2.45) is 0 Å². The fourth-order valence-electron chi connectivity index (χ4n) is 0.888. The zero-order chi connectivity index (χ0) is 8.27. The van der Waals surface area contributed by atoms with Gasteiger partial charge < -0.3 is 9.67 Å². The third kappa shape index (κ3) is 2.92. The Balaban J connectivity index is 0.00000121. The molecular formula is C7H11ClN2O2. The molecular weight excluding hydrogens is 180 g/mol. The van der Waals surface area contributed by atoms with Crippen molar-refractivity contribution in [2.45, 2.75) is 19.4 Å². The lowest BCUT2D eigenvalue weighted by molar-refractivity contribution is -0.137. The monoisotopic (exact) mass is 190 g/mol. The summed E-state index contributed by atoms with van der Waals surface area (Å²) in [6.07, 6.45) is 5.15. The summed E-state index contributed by atoms with van der Waals surface area (Å²) in [7, 11) is 0. The van der Waals surface area contributed by atoms with Crippen LogP contribution in [0.5, 0.6) is 0 Å². The number of aromatic nitrogens is 2. The van der Waals surface area contributed by atoms with Crippen molar-refractivity contribution in [1.29, 1.82) is 0 Å². The van der Waals surface area contributed by atoms with Gasteiger partial charge in [-0.2, -0.15) is 0 Å². The molecule has 1 atom stereocenters. The predicted molar refractivity (Wildman–Crippen MR) is 46.4 cm³/mol. The van der Waals surface area contributed by atoms with Gasteiger partial charge in [-0.15, -0.1) is 12.4 Å². The number of nitrogens with zero attached hydrogens (tertiary/aromatic N) is 2. The van der Waals surface area contributed by atoms with Crippen LogP contribution in [0.1, 0.15) is 19.4 Å². The number of hydrogen-bond donors (Lipinski definition) is 1. The molecule has 0 aliphatic heterocycles. The molecule has 0 bridgehead atoms. The molecule has 68 valence electrons. The van der Waals surface area contributed by atoms with E-state index in [1.165, 1.54) is 0 Å². The summed E-state index contributed by atoms with van der Waals surface area (Å²) in [5.74, 6) is -0.786. The van der Waals surface area contributed by atoms with Gasteiger partial charge in [0.25, 0.3) is 0 Å². The summed E-state index contributed by atoms with van der Waals surface area (Å²) < 4.78 is 1.77. The lowest BCUT2D eigenvalue weighted by Crippen LogP contribution is -2.08. The van der Waals surface area contributed by atoms with Crippen LogP contribution >= 0.6 is 12.4 Å². The van der Waals surface area contributed by atoms with Crippen LogP contribution in [0.3, 0.4) is 0 Å². The van der Waals surface area contributed by atoms with Crippen molar-refractivity contribution in [3.05, 3.63) is 18.7 Å². The highest BCUT2D eigenvalue weighted by Crippen LogP contribution is 2.08. The van der Waals surface area contributed by atoms with Crippen LogP contribution in [0, 0.1) is 0 Å². The maximum Gasteiger partial charge on any atom is 0.305 e. The molecule has 12 heavy (non-hydrogen) atoms. The van der Waals surface area contributed by atoms with Gasteiger partial charge in [-0.25, -0.2) is 4.98 Å². The summed E-state index contributed by atoms with van der Waals surface area (Å²) in [5.41, 5.74) is 0. The molecule has 0 radical (unpaired) electrons. The Morgan fingerprint density at radius 3 is 2.83 bits per heavy atom. The van der Waals surface area contributed by atoms with Crippen molar-refractivity contribution in [3.8, 4) is 0 Å². The highest BCUT2D eigenvalue weighted by molar-refractivity contribution is 5.85. The average Bonchev–Trinajstić information content (AvgIpc) is 2.35. The topological polar surface area (TPSA) is 55.1 Å². The van der Waals surface area contributed by atoms with E-state index in [9.17, 15) is 4.79 Å². The van der Waals surface area contributed by atoms with Crippen LogP contribution in [-0.4, -0.2) is 20.6 Å². The molecule has 1 unspecified atom stereocenters. The normalized spacial score (nSPS) is 11.8. The summed E-state index contributed by atoms with van der Waals surface area (Å²) in [6.45, 7) is 1.84. The standard InChI is InChI=1S/C7H10N2O2.ClH/c1-6(4-7(10)11)9-3-2-8-5-9;/h2-3,5-6H,4H2,1H3,(H,10,11);1H. The highest BCUT2D eigenvalue weighted by atomic mass is 35.5. The molecule has 1 rings (SSSR count). The minimum absolute atomic E-state index is 0. The van der Waals surface area contributed by atoms with Gasteiger partial charge in [0.1, 0.15) is 0 Å². The van der Waals surface area contributed by atoms with Crippen LogP contribution in [-0.2, 0) is 4.79 Å². The molecule has 5 heteroatoms. The zero-order valence-electron chi connectivity index (χ0n) is 6.67. The Kier molecular flexibility index (Phi) is 4.36. The first-order valence-electron chi connectivity index (χ1n) is 3.39. The maximum absolute atomic E-state index is 10.3. The van der Waals surface area contributed by atoms with Crippen LogP contribution in [0.2, 0.25) is 0 Å². The number of hydrogen-bond acceptors (Lipinski definition) is 2. The zero-order valence-corrected chi connectivity index (χ0v) is 7.49. The van der Waals surface area contributed by atoms with Crippen LogP contribution < -0.4 is 0 Å². The molecule has 0 aromatic carbocycles. The summed E-state index contributed by atoms with van der Waals surface area (Å²) in [5, 5.41) is 8.45. The van der Waals surface area contributed by atoms with Gasteiger partial charge in [-0.3, -0.25) is 4.79 Å². The molecule has 4 nitrogen and oxygen atoms in total. The van der Waals surface area contributed by atoms with E-state index in [2.05, 4.69) is 4.98 Å². The van der Waals surface area contributed by atoms with E-state index < -0.39 is 5.97 Å². The fourth-order valence-corrected chi connectivity index (χ4v) is 0.888. The van der Waals surface area contributed by atoms with E-state index in [-0.39, 0.29) is 24.9 Å². The van der Waals surface area contributed by atoms with Gasteiger partial charge in [0, 0.05) is 18.4 Å². The maximum atomic E-state index is 10.3. The third-order valence-electron chi connectivity index (χ3n) is 1.50. The highest BCUT2D eigenvalue weighted by Gasteiger charge is 2.07. The Bertz CT molecular complexity index is 236. The fraction of sp³-hybridized carbons (Fsp3) is 0.429. The van der Waals surface area contributed by atoms with Gasteiger partial charge in [-0.05, 0) is 6.92 Å². The Hall–Kier alpha value is -1.03. The van der Waals surface area contributed by atoms with Gasteiger partial charge in [0.05, 0.1) is 12.7 Å². The second-order valence-corrected chi connectivity index (χ2v) is 2.46. The first-order chi connectivity index (χ1) is 5.20. The quantitative estimate of drug-likeness (QED) is 0.783. The molecule has 0 aliphatic rings.